The van der Waals surface area contributed by atoms with E-state index in [0.29, 0.717) is 13.0 Å². The molecule has 1 heterocycles. The van der Waals surface area contributed by atoms with Crippen molar-refractivity contribution < 1.29 is 33.7 Å². The lowest BCUT2D eigenvalue weighted by Crippen LogP contribution is -2.08. The molecule has 0 atom stereocenters. The Morgan fingerprint density at radius 3 is 2.11 bits per heavy atom. The van der Waals surface area contributed by atoms with E-state index in [1.165, 1.54) is 18.0 Å². The molecule has 0 radical (unpaired) electrons. The minimum atomic E-state index is -1.34. The number of esters is 1. The first-order chi connectivity index (χ1) is 17.7. The fourth-order valence-electron chi connectivity index (χ4n) is 4.03. The number of rotatable bonds is 8. The van der Waals surface area contributed by atoms with E-state index in [-0.39, 0.29) is 22.7 Å². The van der Waals surface area contributed by atoms with Gasteiger partial charge in [0.2, 0.25) is 0 Å². The molecular formula is C29H28FNO6. The fourth-order valence-corrected chi connectivity index (χ4v) is 4.03. The van der Waals surface area contributed by atoms with Crippen LogP contribution in [-0.2, 0) is 28.9 Å². The Balaban J connectivity index is 0.000000233. The van der Waals surface area contributed by atoms with Crippen LogP contribution in [0.2, 0.25) is 0 Å². The van der Waals surface area contributed by atoms with Gasteiger partial charge in [-0.3, -0.25) is 4.79 Å². The van der Waals surface area contributed by atoms with Crippen LogP contribution in [0.25, 0.3) is 10.9 Å². The maximum Gasteiger partial charge on any atom is 0.336 e. The van der Waals surface area contributed by atoms with Crippen molar-refractivity contribution in [1.82, 2.24) is 4.57 Å². The average Bonchev–Trinajstić information content (AvgIpc) is 3.22. The van der Waals surface area contributed by atoms with Gasteiger partial charge in [-0.15, -0.1) is 0 Å². The van der Waals surface area contributed by atoms with E-state index in [1.807, 2.05) is 25.1 Å². The molecule has 3 aromatic carbocycles. The van der Waals surface area contributed by atoms with E-state index >= 15 is 0 Å². The smallest absolute Gasteiger partial charge is 0.336 e. The van der Waals surface area contributed by atoms with Gasteiger partial charge < -0.3 is 19.5 Å². The van der Waals surface area contributed by atoms with Crippen molar-refractivity contribution in [2.24, 2.45) is 0 Å². The minimum Gasteiger partial charge on any atom is -0.478 e. The zero-order chi connectivity index (χ0) is 26.9. The topological polar surface area (TPSA) is 106 Å². The minimum absolute atomic E-state index is 0.0476. The molecule has 0 aliphatic carbocycles. The number of para-hydroxylation sites is 1. The quantitative estimate of drug-likeness (QED) is 0.306. The summed E-state index contributed by atoms with van der Waals surface area (Å²) in [6.07, 6.45) is 3.38. The summed E-state index contributed by atoms with van der Waals surface area (Å²) in [5, 5.41) is 18.4. The molecule has 0 spiro atoms. The van der Waals surface area contributed by atoms with Crippen LogP contribution in [0, 0.1) is 12.7 Å². The molecule has 0 saturated carbocycles. The Morgan fingerprint density at radius 1 is 0.919 bits per heavy atom. The van der Waals surface area contributed by atoms with Crippen molar-refractivity contribution >= 4 is 28.8 Å². The summed E-state index contributed by atoms with van der Waals surface area (Å²) >= 11 is 0. The second-order valence-electron chi connectivity index (χ2n) is 8.32. The first-order valence-corrected chi connectivity index (χ1v) is 11.7. The van der Waals surface area contributed by atoms with E-state index in [1.54, 1.807) is 0 Å². The standard InChI is InChI=1S/C20H21NO2.C9H7FO4/c1-2-23-20(22)14-17-15-21(19-11-7-6-10-18(17)19)13-12-16-8-4-3-5-9-16;1-4-6(8(11)12)2-5(10)3-7(4)9(13)14/h3-11,15H,2,12-14H2,1H3;2-3H,1H3,(H,11,12)(H,13,14). The Bertz CT molecular complexity index is 1380. The molecular weight excluding hydrogens is 477 g/mol. The molecule has 8 heteroatoms. The van der Waals surface area contributed by atoms with Gasteiger partial charge in [0.25, 0.3) is 0 Å². The SMILES string of the molecule is CCOC(=O)Cc1cn(CCc2ccccc2)c2ccccc12.Cc1c(C(=O)O)cc(F)cc1C(=O)O. The van der Waals surface area contributed by atoms with Crippen LogP contribution >= 0.6 is 0 Å². The second kappa shape index (κ2) is 12.5. The van der Waals surface area contributed by atoms with E-state index < -0.39 is 17.8 Å². The van der Waals surface area contributed by atoms with E-state index in [0.717, 1.165) is 36.0 Å². The van der Waals surface area contributed by atoms with Gasteiger partial charge in [-0.1, -0.05) is 48.5 Å². The van der Waals surface area contributed by atoms with Crippen molar-refractivity contribution in [3.8, 4) is 0 Å². The summed E-state index contributed by atoms with van der Waals surface area (Å²) in [6.45, 7) is 4.48. The monoisotopic (exact) mass is 505 g/mol. The summed E-state index contributed by atoms with van der Waals surface area (Å²) in [5.74, 6) is -3.72. The molecule has 0 amide bonds. The Kier molecular flexibility index (Phi) is 9.16. The number of aromatic carboxylic acids is 2. The zero-order valence-electron chi connectivity index (χ0n) is 20.6. The first-order valence-electron chi connectivity index (χ1n) is 11.7. The van der Waals surface area contributed by atoms with Gasteiger partial charge in [0, 0.05) is 23.6 Å². The van der Waals surface area contributed by atoms with Crippen LogP contribution in [0.3, 0.4) is 0 Å². The third kappa shape index (κ3) is 7.04. The number of hydrogen-bond donors (Lipinski definition) is 2. The summed E-state index contributed by atoms with van der Waals surface area (Å²) in [7, 11) is 0. The summed E-state index contributed by atoms with van der Waals surface area (Å²) in [6, 6.07) is 20.3. The molecule has 0 bridgehead atoms. The van der Waals surface area contributed by atoms with Gasteiger partial charge >= 0.3 is 17.9 Å². The van der Waals surface area contributed by atoms with Crippen LogP contribution < -0.4 is 0 Å². The van der Waals surface area contributed by atoms with Gasteiger partial charge in [-0.2, -0.15) is 0 Å². The van der Waals surface area contributed by atoms with E-state index in [9.17, 15) is 18.8 Å². The van der Waals surface area contributed by atoms with Crippen molar-refractivity contribution in [2.75, 3.05) is 6.61 Å². The maximum atomic E-state index is 12.8. The van der Waals surface area contributed by atoms with Crippen LogP contribution in [0.5, 0.6) is 0 Å². The largest absolute Gasteiger partial charge is 0.478 e. The molecule has 7 nitrogen and oxygen atoms in total. The highest BCUT2D eigenvalue weighted by molar-refractivity contribution is 5.96. The number of aryl methyl sites for hydroxylation is 2. The zero-order valence-corrected chi connectivity index (χ0v) is 20.6. The van der Waals surface area contributed by atoms with Gasteiger partial charge in [0.15, 0.2) is 0 Å². The molecule has 2 N–H and O–H groups in total. The van der Waals surface area contributed by atoms with Crippen LogP contribution in [0.1, 0.15) is 44.3 Å². The van der Waals surface area contributed by atoms with Crippen molar-refractivity contribution in [3.63, 3.8) is 0 Å². The molecule has 0 aliphatic rings. The number of carboxylic acid groups (broad SMARTS) is 2. The van der Waals surface area contributed by atoms with E-state index in [4.69, 9.17) is 14.9 Å². The molecule has 37 heavy (non-hydrogen) atoms. The van der Waals surface area contributed by atoms with Crippen LogP contribution in [-0.4, -0.2) is 39.3 Å². The average molecular weight is 506 g/mol. The number of fused-ring (bicyclic) bond motifs is 1. The molecule has 0 aliphatic heterocycles. The molecule has 192 valence electrons. The Labute approximate surface area is 213 Å². The second-order valence-corrected chi connectivity index (χ2v) is 8.32. The molecule has 4 aromatic rings. The highest BCUT2D eigenvalue weighted by Gasteiger charge is 2.17. The first kappa shape index (κ1) is 27.1. The van der Waals surface area contributed by atoms with Gasteiger partial charge in [-0.05, 0) is 55.2 Å². The van der Waals surface area contributed by atoms with Crippen molar-refractivity contribution in [3.05, 3.63) is 107 Å². The predicted octanol–water partition coefficient (Wildman–Crippen LogP) is 5.52. The fraction of sp³-hybridized carbons (Fsp3) is 0.207. The number of halogens is 1. The predicted molar refractivity (Wildman–Crippen MR) is 137 cm³/mol. The molecule has 1 aromatic heterocycles. The van der Waals surface area contributed by atoms with E-state index in [2.05, 4.69) is 47.2 Å². The number of carbonyl (C=O) groups excluding carboxylic acids is 1. The highest BCUT2D eigenvalue weighted by Crippen LogP contribution is 2.23. The number of ether oxygens (including phenoxy) is 1. The summed E-state index contributed by atoms with van der Waals surface area (Å²) in [4.78, 5) is 33.0. The van der Waals surface area contributed by atoms with Crippen LogP contribution in [0.15, 0.2) is 72.9 Å². The molecule has 4 rings (SSSR count). The highest BCUT2D eigenvalue weighted by atomic mass is 19.1. The third-order valence-electron chi connectivity index (χ3n) is 5.83. The normalized spacial score (nSPS) is 10.5. The maximum absolute atomic E-state index is 12.8. The Hall–Kier alpha value is -4.46. The Morgan fingerprint density at radius 2 is 1.51 bits per heavy atom. The molecule has 0 unspecified atom stereocenters. The van der Waals surface area contributed by atoms with Crippen molar-refractivity contribution in [1.29, 1.82) is 0 Å². The van der Waals surface area contributed by atoms with Gasteiger partial charge in [-0.25, -0.2) is 14.0 Å². The summed E-state index contributed by atoms with van der Waals surface area (Å²) < 4.78 is 20.1. The lowest BCUT2D eigenvalue weighted by molar-refractivity contribution is -0.142. The third-order valence-corrected chi connectivity index (χ3v) is 5.83. The molecule has 0 fully saturated rings. The van der Waals surface area contributed by atoms with Crippen LogP contribution in [0.4, 0.5) is 4.39 Å². The van der Waals surface area contributed by atoms with Crippen molar-refractivity contribution in [2.45, 2.75) is 33.2 Å². The number of carbonyl (C=O) groups is 3. The van der Waals surface area contributed by atoms with Gasteiger partial charge in [0.1, 0.15) is 5.82 Å². The lowest BCUT2D eigenvalue weighted by atomic mass is 10.0. The number of carboxylic acids is 2. The number of hydrogen-bond acceptors (Lipinski definition) is 4. The number of nitrogens with zero attached hydrogens (tertiary/aromatic N) is 1. The van der Waals surface area contributed by atoms with Gasteiger partial charge in [0.05, 0.1) is 24.2 Å². The molecule has 0 saturated heterocycles. The number of benzene rings is 3. The lowest BCUT2D eigenvalue weighted by Gasteiger charge is -2.05. The number of aromatic nitrogens is 1. The summed E-state index contributed by atoms with van der Waals surface area (Å²) in [5.41, 5.74) is 2.91.